The summed E-state index contributed by atoms with van der Waals surface area (Å²) in [6, 6.07) is 1.77. The Labute approximate surface area is 108 Å². The molecule has 1 aromatic rings. The van der Waals surface area contributed by atoms with Crippen molar-refractivity contribution in [3.05, 3.63) is 17.8 Å². The molecular formula is C13H21N5. The fourth-order valence-corrected chi connectivity index (χ4v) is 2.71. The van der Waals surface area contributed by atoms with Gasteiger partial charge in [0.15, 0.2) is 5.82 Å². The van der Waals surface area contributed by atoms with E-state index in [1.807, 2.05) is 0 Å². The molecule has 0 spiro atoms. The molecule has 0 atom stereocenters. The van der Waals surface area contributed by atoms with Crippen LogP contribution in [0.4, 0.5) is 5.82 Å². The van der Waals surface area contributed by atoms with Crippen LogP contribution in [0.3, 0.4) is 0 Å². The van der Waals surface area contributed by atoms with Crippen molar-refractivity contribution in [3.63, 3.8) is 0 Å². The first-order valence-corrected chi connectivity index (χ1v) is 6.53. The van der Waals surface area contributed by atoms with E-state index in [1.165, 1.54) is 19.3 Å². The average molecular weight is 247 g/mol. The van der Waals surface area contributed by atoms with Crippen molar-refractivity contribution in [1.29, 1.82) is 5.41 Å². The lowest BCUT2D eigenvalue weighted by atomic mass is 9.82. The number of nitrogens with two attached hydrogens (primary N) is 1. The summed E-state index contributed by atoms with van der Waals surface area (Å²) >= 11 is 0. The van der Waals surface area contributed by atoms with Gasteiger partial charge in [-0.3, -0.25) is 5.41 Å². The van der Waals surface area contributed by atoms with Gasteiger partial charge in [-0.15, -0.1) is 5.10 Å². The minimum absolute atomic E-state index is 0.0606. The molecule has 2 heterocycles. The Morgan fingerprint density at radius 1 is 1.50 bits per heavy atom. The number of hydrogen-bond donors (Lipinski definition) is 2. The SMILES string of the molecule is CCC1(CC)CCN(c2nnccc2C(=N)N)C1. The lowest BCUT2D eigenvalue weighted by molar-refractivity contribution is 0.301. The number of nitrogens with one attached hydrogen (secondary N) is 1. The number of aromatic nitrogens is 2. The third kappa shape index (κ3) is 2.17. The molecule has 5 nitrogen and oxygen atoms in total. The summed E-state index contributed by atoms with van der Waals surface area (Å²) in [4.78, 5) is 2.22. The second-order valence-electron chi connectivity index (χ2n) is 5.06. The van der Waals surface area contributed by atoms with E-state index in [4.69, 9.17) is 11.1 Å². The van der Waals surface area contributed by atoms with Crippen LogP contribution in [0, 0.1) is 10.8 Å². The number of nitrogen functional groups attached to an aromatic ring is 1. The minimum atomic E-state index is 0.0606. The van der Waals surface area contributed by atoms with Crippen LogP contribution in [0.2, 0.25) is 0 Å². The van der Waals surface area contributed by atoms with Crippen LogP contribution >= 0.6 is 0 Å². The molecule has 98 valence electrons. The lowest BCUT2D eigenvalue weighted by Crippen LogP contribution is -2.29. The molecule has 18 heavy (non-hydrogen) atoms. The van der Waals surface area contributed by atoms with Gasteiger partial charge in [0.25, 0.3) is 0 Å². The van der Waals surface area contributed by atoms with Crippen molar-refractivity contribution < 1.29 is 0 Å². The number of anilines is 1. The zero-order valence-electron chi connectivity index (χ0n) is 11.1. The molecule has 0 saturated carbocycles. The summed E-state index contributed by atoms with van der Waals surface area (Å²) in [5, 5.41) is 15.7. The summed E-state index contributed by atoms with van der Waals surface area (Å²) in [6.07, 6.45) is 5.11. The van der Waals surface area contributed by atoms with Gasteiger partial charge in [0.05, 0.1) is 11.8 Å². The molecule has 0 amide bonds. The monoisotopic (exact) mass is 247 g/mol. The molecule has 5 heteroatoms. The normalized spacial score (nSPS) is 18.0. The van der Waals surface area contributed by atoms with Crippen molar-refractivity contribution >= 4 is 11.7 Å². The van der Waals surface area contributed by atoms with Gasteiger partial charge in [0.2, 0.25) is 0 Å². The third-order valence-corrected chi connectivity index (χ3v) is 4.23. The Balaban J connectivity index is 2.27. The highest BCUT2D eigenvalue weighted by Gasteiger charge is 2.36. The Morgan fingerprint density at radius 2 is 2.22 bits per heavy atom. The van der Waals surface area contributed by atoms with Crippen molar-refractivity contribution in [1.82, 2.24) is 10.2 Å². The molecule has 2 rings (SSSR count). The molecule has 0 aromatic carbocycles. The largest absolute Gasteiger partial charge is 0.384 e. The second-order valence-corrected chi connectivity index (χ2v) is 5.06. The number of amidine groups is 1. The van der Waals surface area contributed by atoms with Gasteiger partial charge in [0, 0.05) is 13.1 Å². The highest BCUT2D eigenvalue weighted by molar-refractivity contribution is 5.99. The molecule has 3 N–H and O–H groups in total. The van der Waals surface area contributed by atoms with E-state index in [-0.39, 0.29) is 5.84 Å². The number of rotatable bonds is 4. The predicted molar refractivity (Wildman–Crippen MR) is 72.9 cm³/mol. The highest BCUT2D eigenvalue weighted by atomic mass is 15.3. The number of nitrogens with zero attached hydrogens (tertiary/aromatic N) is 3. The molecule has 0 radical (unpaired) electrons. The van der Waals surface area contributed by atoms with Crippen LogP contribution in [0.5, 0.6) is 0 Å². The molecule has 0 unspecified atom stereocenters. The van der Waals surface area contributed by atoms with E-state index in [0.29, 0.717) is 11.0 Å². The molecular weight excluding hydrogens is 226 g/mol. The highest BCUT2D eigenvalue weighted by Crippen LogP contribution is 2.38. The smallest absolute Gasteiger partial charge is 0.162 e. The number of hydrogen-bond acceptors (Lipinski definition) is 4. The first-order valence-electron chi connectivity index (χ1n) is 6.53. The van der Waals surface area contributed by atoms with Crippen LogP contribution in [0.1, 0.15) is 38.7 Å². The van der Waals surface area contributed by atoms with E-state index in [9.17, 15) is 0 Å². The first kappa shape index (κ1) is 12.8. The van der Waals surface area contributed by atoms with Gasteiger partial charge in [-0.05, 0) is 30.7 Å². The lowest BCUT2D eigenvalue weighted by Gasteiger charge is -2.27. The molecule has 1 aliphatic heterocycles. The van der Waals surface area contributed by atoms with Gasteiger partial charge >= 0.3 is 0 Å². The molecule has 0 bridgehead atoms. The van der Waals surface area contributed by atoms with Crippen molar-refractivity contribution in [2.75, 3.05) is 18.0 Å². The summed E-state index contributed by atoms with van der Waals surface area (Å²) < 4.78 is 0. The van der Waals surface area contributed by atoms with E-state index >= 15 is 0 Å². The Bertz CT molecular complexity index is 439. The molecule has 1 saturated heterocycles. The molecule has 1 aliphatic rings. The molecule has 1 fully saturated rings. The maximum atomic E-state index is 7.61. The van der Waals surface area contributed by atoms with Gasteiger partial charge in [0.1, 0.15) is 5.84 Å². The van der Waals surface area contributed by atoms with E-state index in [0.717, 1.165) is 18.9 Å². The quantitative estimate of drug-likeness (QED) is 0.628. The standard InChI is InChI=1S/C13H21N5/c1-3-13(4-2)6-8-18(9-13)12-10(11(14)15)5-7-16-17-12/h5,7H,3-4,6,8-9H2,1-2H3,(H3,14,15). The Hall–Kier alpha value is -1.65. The first-order chi connectivity index (χ1) is 8.62. The van der Waals surface area contributed by atoms with Gasteiger partial charge in [-0.1, -0.05) is 13.8 Å². The maximum absolute atomic E-state index is 7.61. The second kappa shape index (κ2) is 4.92. The van der Waals surface area contributed by atoms with Crippen molar-refractivity contribution in [3.8, 4) is 0 Å². The van der Waals surface area contributed by atoms with E-state index < -0.39 is 0 Å². The van der Waals surface area contributed by atoms with Crippen LogP contribution in [0.15, 0.2) is 12.3 Å². The van der Waals surface area contributed by atoms with Crippen molar-refractivity contribution in [2.24, 2.45) is 11.1 Å². The van der Waals surface area contributed by atoms with Crippen LogP contribution < -0.4 is 10.6 Å². The van der Waals surface area contributed by atoms with Crippen molar-refractivity contribution in [2.45, 2.75) is 33.1 Å². The zero-order chi connectivity index (χ0) is 13.2. The fourth-order valence-electron chi connectivity index (χ4n) is 2.71. The minimum Gasteiger partial charge on any atom is -0.384 e. The van der Waals surface area contributed by atoms with Gasteiger partial charge in [-0.25, -0.2) is 0 Å². The third-order valence-electron chi connectivity index (χ3n) is 4.23. The molecule has 1 aromatic heterocycles. The summed E-state index contributed by atoms with van der Waals surface area (Å²) in [5.74, 6) is 0.819. The maximum Gasteiger partial charge on any atom is 0.162 e. The van der Waals surface area contributed by atoms with Crippen LogP contribution in [0.25, 0.3) is 0 Å². The fraction of sp³-hybridized carbons (Fsp3) is 0.615. The predicted octanol–water partition coefficient (Wildman–Crippen LogP) is 1.78. The topological polar surface area (TPSA) is 78.9 Å². The van der Waals surface area contributed by atoms with Gasteiger partial charge in [-0.2, -0.15) is 5.10 Å². The van der Waals surface area contributed by atoms with Crippen LogP contribution in [-0.2, 0) is 0 Å². The average Bonchev–Trinajstić information content (AvgIpc) is 2.83. The summed E-state index contributed by atoms with van der Waals surface area (Å²) in [7, 11) is 0. The van der Waals surface area contributed by atoms with Gasteiger partial charge < -0.3 is 10.6 Å². The Kier molecular flexibility index (Phi) is 3.50. The van der Waals surface area contributed by atoms with Crippen LogP contribution in [-0.4, -0.2) is 29.1 Å². The summed E-state index contributed by atoms with van der Waals surface area (Å²) in [5.41, 5.74) is 6.67. The summed E-state index contributed by atoms with van der Waals surface area (Å²) in [6.45, 7) is 6.45. The molecule has 0 aliphatic carbocycles. The Morgan fingerprint density at radius 3 is 2.78 bits per heavy atom. The van der Waals surface area contributed by atoms with E-state index in [2.05, 4.69) is 28.9 Å². The van der Waals surface area contributed by atoms with E-state index in [1.54, 1.807) is 12.3 Å². The zero-order valence-corrected chi connectivity index (χ0v) is 11.1.